The van der Waals surface area contributed by atoms with Crippen LogP contribution in [0.1, 0.15) is 13.8 Å². The molecular formula is C18H21N5O3. The summed E-state index contributed by atoms with van der Waals surface area (Å²) in [5, 5.41) is 7.15. The van der Waals surface area contributed by atoms with Gasteiger partial charge in [-0.05, 0) is 30.2 Å². The van der Waals surface area contributed by atoms with E-state index in [4.69, 9.17) is 9.57 Å². The van der Waals surface area contributed by atoms with Gasteiger partial charge in [0.15, 0.2) is 11.5 Å². The molecule has 3 rings (SSSR count). The van der Waals surface area contributed by atoms with Gasteiger partial charge in [-0.2, -0.15) is 5.10 Å². The van der Waals surface area contributed by atoms with Crippen LogP contribution in [0.25, 0.3) is 16.9 Å². The lowest BCUT2D eigenvalue weighted by Gasteiger charge is -2.07. The maximum Gasteiger partial charge on any atom is 0.344 e. The van der Waals surface area contributed by atoms with Gasteiger partial charge in [-0.1, -0.05) is 26.0 Å². The molecule has 0 atom stereocenters. The fourth-order valence-electron chi connectivity index (χ4n) is 2.29. The van der Waals surface area contributed by atoms with Gasteiger partial charge in [0.05, 0.1) is 25.6 Å². The molecule has 136 valence electrons. The Morgan fingerprint density at radius 3 is 2.88 bits per heavy atom. The van der Waals surface area contributed by atoms with Gasteiger partial charge in [0.25, 0.3) is 0 Å². The van der Waals surface area contributed by atoms with Crippen molar-refractivity contribution >= 4 is 17.5 Å². The van der Waals surface area contributed by atoms with Crippen LogP contribution < -0.4 is 15.5 Å². The number of nitrogens with one attached hydrogen (secondary N) is 2. The summed E-state index contributed by atoms with van der Waals surface area (Å²) in [5.74, 6) is 1.46. The fourth-order valence-corrected chi connectivity index (χ4v) is 2.29. The summed E-state index contributed by atoms with van der Waals surface area (Å²) in [4.78, 5) is 21.2. The molecule has 8 nitrogen and oxygen atoms in total. The number of rotatable bonds is 6. The molecule has 0 aliphatic carbocycles. The molecule has 0 saturated heterocycles. The normalized spacial score (nSPS) is 10.9. The van der Waals surface area contributed by atoms with Crippen LogP contribution in [-0.4, -0.2) is 34.3 Å². The van der Waals surface area contributed by atoms with E-state index in [1.165, 1.54) is 0 Å². The molecule has 0 aliphatic rings. The standard InChI is InChI=1S/C18H21N5O3/c1-12(2)11-26-22-18(24)20-16-10-23-17(19-16)8-7-15(21-23)13-5-4-6-14(9-13)25-3/h4-10,12H,11H2,1-3H3,(H2,20,22,24). The largest absolute Gasteiger partial charge is 0.497 e. The SMILES string of the molecule is COc1cccc(-c2ccc3nc(NC(=O)NOCC(C)C)cn3n2)c1. The second-order valence-electron chi connectivity index (χ2n) is 6.14. The van der Waals surface area contributed by atoms with Gasteiger partial charge in [-0.3, -0.25) is 10.2 Å². The molecule has 26 heavy (non-hydrogen) atoms. The summed E-state index contributed by atoms with van der Waals surface area (Å²) in [6.45, 7) is 4.42. The first-order valence-corrected chi connectivity index (χ1v) is 8.25. The van der Waals surface area contributed by atoms with Crippen molar-refractivity contribution in [2.75, 3.05) is 19.0 Å². The minimum atomic E-state index is -0.484. The monoisotopic (exact) mass is 355 g/mol. The zero-order chi connectivity index (χ0) is 18.5. The maximum absolute atomic E-state index is 11.8. The molecule has 2 amide bonds. The first-order chi connectivity index (χ1) is 12.5. The Bertz CT molecular complexity index is 907. The fraction of sp³-hybridized carbons (Fsp3) is 0.278. The van der Waals surface area contributed by atoms with E-state index in [1.807, 2.05) is 50.2 Å². The summed E-state index contributed by atoms with van der Waals surface area (Å²) in [7, 11) is 1.62. The number of fused-ring (bicyclic) bond motifs is 1. The Hall–Kier alpha value is -3.13. The summed E-state index contributed by atoms with van der Waals surface area (Å²) in [5.41, 5.74) is 4.64. The van der Waals surface area contributed by atoms with E-state index in [0.717, 1.165) is 17.0 Å². The predicted molar refractivity (Wildman–Crippen MR) is 97.9 cm³/mol. The van der Waals surface area contributed by atoms with Crippen LogP contribution in [-0.2, 0) is 4.84 Å². The van der Waals surface area contributed by atoms with E-state index >= 15 is 0 Å². The van der Waals surface area contributed by atoms with Crippen LogP contribution in [0.5, 0.6) is 5.75 Å². The van der Waals surface area contributed by atoms with Crippen LogP contribution >= 0.6 is 0 Å². The third-order valence-electron chi connectivity index (χ3n) is 3.51. The highest BCUT2D eigenvalue weighted by Crippen LogP contribution is 2.22. The van der Waals surface area contributed by atoms with Crippen LogP contribution in [0.15, 0.2) is 42.6 Å². The number of hydrogen-bond donors (Lipinski definition) is 2. The topological polar surface area (TPSA) is 89.8 Å². The Labute approximate surface area is 151 Å². The van der Waals surface area contributed by atoms with Crippen LogP contribution in [0.2, 0.25) is 0 Å². The van der Waals surface area contributed by atoms with Crippen molar-refractivity contribution in [3.8, 4) is 17.0 Å². The number of hydroxylamine groups is 1. The van der Waals surface area contributed by atoms with Gasteiger partial charge in [-0.15, -0.1) is 0 Å². The number of urea groups is 1. The van der Waals surface area contributed by atoms with Gasteiger partial charge < -0.3 is 4.74 Å². The highest BCUT2D eigenvalue weighted by molar-refractivity contribution is 5.87. The molecule has 0 bridgehead atoms. The Morgan fingerprint density at radius 1 is 1.27 bits per heavy atom. The first-order valence-electron chi connectivity index (χ1n) is 8.25. The lowest BCUT2D eigenvalue weighted by atomic mass is 10.1. The van der Waals surface area contributed by atoms with Crippen molar-refractivity contribution in [3.05, 3.63) is 42.6 Å². The lowest BCUT2D eigenvalue weighted by Crippen LogP contribution is -2.30. The van der Waals surface area contributed by atoms with Crippen LogP contribution in [0, 0.1) is 5.92 Å². The van der Waals surface area contributed by atoms with Crippen molar-refractivity contribution < 1.29 is 14.4 Å². The number of aromatic nitrogens is 3. The molecule has 0 unspecified atom stereocenters. The third kappa shape index (κ3) is 4.28. The number of methoxy groups -OCH3 is 1. The summed E-state index contributed by atoms with van der Waals surface area (Å²) in [6, 6.07) is 10.9. The Kier molecular flexibility index (Phi) is 5.33. The number of nitrogens with zero attached hydrogens (tertiary/aromatic N) is 3. The lowest BCUT2D eigenvalue weighted by molar-refractivity contribution is 0.0482. The molecule has 0 fully saturated rings. The molecule has 1 aromatic carbocycles. The first kappa shape index (κ1) is 17.7. The van der Waals surface area contributed by atoms with Crippen LogP contribution in [0.4, 0.5) is 10.6 Å². The number of benzene rings is 1. The van der Waals surface area contributed by atoms with E-state index in [0.29, 0.717) is 24.0 Å². The Balaban J connectivity index is 1.74. The number of ether oxygens (including phenoxy) is 1. The average Bonchev–Trinajstić information content (AvgIpc) is 3.02. The van der Waals surface area contributed by atoms with Crippen molar-refractivity contribution in [1.29, 1.82) is 0 Å². The minimum absolute atomic E-state index is 0.324. The average molecular weight is 355 g/mol. The van der Waals surface area contributed by atoms with Crippen molar-refractivity contribution in [2.45, 2.75) is 13.8 Å². The van der Waals surface area contributed by atoms with Gasteiger partial charge in [0, 0.05) is 5.56 Å². The second kappa shape index (κ2) is 7.83. The molecule has 0 radical (unpaired) electrons. The number of imidazole rings is 1. The van der Waals surface area contributed by atoms with E-state index < -0.39 is 6.03 Å². The predicted octanol–water partition coefficient (Wildman–Crippen LogP) is 3.11. The summed E-state index contributed by atoms with van der Waals surface area (Å²) >= 11 is 0. The molecule has 8 heteroatoms. The smallest absolute Gasteiger partial charge is 0.344 e. The second-order valence-corrected chi connectivity index (χ2v) is 6.14. The quantitative estimate of drug-likeness (QED) is 0.663. The molecule has 0 spiro atoms. The number of hydrogen-bond acceptors (Lipinski definition) is 5. The van der Waals surface area contributed by atoms with E-state index in [1.54, 1.807) is 17.8 Å². The molecule has 3 aromatic rings. The highest BCUT2D eigenvalue weighted by Gasteiger charge is 2.09. The van der Waals surface area contributed by atoms with E-state index in [2.05, 4.69) is 20.9 Å². The van der Waals surface area contributed by atoms with Gasteiger partial charge in [0.1, 0.15) is 5.75 Å². The van der Waals surface area contributed by atoms with Crippen molar-refractivity contribution in [1.82, 2.24) is 20.1 Å². The van der Waals surface area contributed by atoms with E-state index in [-0.39, 0.29) is 0 Å². The van der Waals surface area contributed by atoms with Gasteiger partial charge in [-0.25, -0.2) is 19.8 Å². The zero-order valence-corrected chi connectivity index (χ0v) is 14.9. The molecule has 0 aliphatic heterocycles. The number of anilines is 1. The molecular weight excluding hydrogens is 334 g/mol. The molecule has 0 saturated carbocycles. The van der Waals surface area contributed by atoms with Gasteiger partial charge in [0.2, 0.25) is 0 Å². The zero-order valence-electron chi connectivity index (χ0n) is 14.9. The Morgan fingerprint density at radius 2 is 2.12 bits per heavy atom. The summed E-state index contributed by atoms with van der Waals surface area (Å²) in [6.07, 6.45) is 1.64. The molecule has 2 aromatic heterocycles. The summed E-state index contributed by atoms with van der Waals surface area (Å²) < 4.78 is 6.86. The van der Waals surface area contributed by atoms with Crippen molar-refractivity contribution in [3.63, 3.8) is 0 Å². The molecule has 2 N–H and O–H groups in total. The minimum Gasteiger partial charge on any atom is -0.497 e. The number of amides is 2. The van der Waals surface area contributed by atoms with E-state index in [9.17, 15) is 4.79 Å². The highest BCUT2D eigenvalue weighted by atomic mass is 16.7. The molecule has 2 heterocycles. The third-order valence-corrected chi connectivity index (χ3v) is 3.51. The van der Waals surface area contributed by atoms with Gasteiger partial charge >= 0.3 is 6.03 Å². The van der Waals surface area contributed by atoms with Crippen molar-refractivity contribution in [2.24, 2.45) is 5.92 Å². The maximum atomic E-state index is 11.8. The number of carbonyl (C=O) groups is 1. The number of carbonyl (C=O) groups excluding carboxylic acids is 1. The van der Waals surface area contributed by atoms with Crippen LogP contribution in [0.3, 0.4) is 0 Å².